The number of hydrogen-bond acceptors (Lipinski definition) is 4. The van der Waals surface area contributed by atoms with E-state index in [1.54, 1.807) is 43.3 Å². The number of nitrogens with zero attached hydrogens (tertiary/aromatic N) is 2. The molecule has 0 spiro atoms. The number of methoxy groups -OCH3 is 1. The largest absolute Gasteiger partial charge is 0.497 e. The summed E-state index contributed by atoms with van der Waals surface area (Å²) in [5.74, 6) is 0.0396. The first-order chi connectivity index (χ1) is 13.0. The molecule has 2 aromatic carbocycles. The van der Waals surface area contributed by atoms with Crippen molar-refractivity contribution in [3.63, 3.8) is 0 Å². The normalized spacial score (nSPS) is 12.9. The van der Waals surface area contributed by atoms with E-state index in [2.05, 4.69) is 0 Å². The predicted molar refractivity (Wildman–Crippen MR) is 101 cm³/mol. The highest BCUT2D eigenvalue weighted by atomic mass is 16.5. The van der Waals surface area contributed by atoms with Crippen molar-refractivity contribution in [3.8, 4) is 5.75 Å². The van der Waals surface area contributed by atoms with E-state index in [9.17, 15) is 14.4 Å². The van der Waals surface area contributed by atoms with Crippen molar-refractivity contribution < 1.29 is 19.1 Å². The average Bonchev–Trinajstić information content (AvgIpc) is 2.95. The average molecular weight is 366 g/mol. The first-order valence-electron chi connectivity index (χ1n) is 8.83. The number of amides is 3. The van der Waals surface area contributed by atoms with E-state index in [4.69, 9.17) is 4.74 Å². The van der Waals surface area contributed by atoms with Gasteiger partial charge in [0.25, 0.3) is 11.8 Å². The molecule has 0 radical (unpaired) electrons. The van der Waals surface area contributed by atoms with Crippen molar-refractivity contribution in [3.05, 3.63) is 65.2 Å². The van der Waals surface area contributed by atoms with Gasteiger partial charge in [-0.1, -0.05) is 24.3 Å². The molecular formula is C21H22N2O4. The second kappa shape index (κ2) is 8.03. The lowest BCUT2D eigenvalue weighted by molar-refractivity contribution is -0.129. The van der Waals surface area contributed by atoms with Crippen molar-refractivity contribution in [1.29, 1.82) is 0 Å². The first-order valence-corrected chi connectivity index (χ1v) is 8.83. The highest BCUT2D eigenvalue weighted by Crippen LogP contribution is 2.22. The summed E-state index contributed by atoms with van der Waals surface area (Å²) in [7, 11) is 3.35. The summed E-state index contributed by atoms with van der Waals surface area (Å²) in [5, 5.41) is 0. The Labute approximate surface area is 158 Å². The molecule has 0 unspecified atom stereocenters. The molecule has 1 aliphatic rings. The minimum Gasteiger partial charge on any atom is -0.497 e. The number of likely N-dealkylation sites (N-methyl/N-ethyl adjacent to an activating group) is 1. The van der Waals surface area contributed by atoms with Gasteiger partial charge in [-0.05, 0) is 36.2 Å². The number of carbonyl (C=O) groups excluding carboxylic acids is 3. The topological polar surface area (TPSA) is 66.9 Å². The minimum atomic E-state index is -0.329. The predicted octanol–water partition coefficient (Wildman–Crippen LogP) is 2.38. The van der Waals surface area contributed by atoms with Gasteiger partial charge in [-0.2, -0.15) is 0 Å². The van der Waals surface area contributed by atoms with Crippen LogP contribution in [0.3, 0.4) is 0 Å². The summed E-state index contributed by atoms with van der Waals surface area (Å²) < 4.78 is 5.13. The fourth-order valence-corrected chi connectivity index (χ4v) is 3.05. The Morgan fingerprint density at radius 1 is 1.00 bits per heavy atom. The van der Waals surface area contributed by atoms with Gasteiger partial charge in [-0.25, -0.2) is 0 Å². The third kappa shape index (κ3) is 4.00. The van der Waals surface area contributed by atoms with E-state index in [1.807, 2.05) is 24.3 Å². The van der Waals surface area contributed by atoms with Gasteiger partial charge in [0.2, 0.25) is 5.91 Å². The number of fused-ring (bicyclic) bond motifs is 1. The molecule has 3 amide bonds. The van der Waals surface area contributed by atoms with Gasteiger partial charge in [0.15, 0.2) is 0 Å². The molecule has 0 fully saturated rings. The van der Waals surface area contributed by atoms with E-state index in [-0.39, 0.29) is 30.7 Å². The molecule has 140 valence electrons. The van der Waals surface area contributed by atoms with E-state index in [0.717, 1.165) is 22.6 Å². The Morgan fingerprint density at radius 3 is 2.15 bits per heavy atom. The standard InChI is InChI=1S/C21H22N2O4/c1-22(13-11-15-7-9-16(27-2)10-8-15)19(24)12-14-23-20(25)17-5-3-4-6-18(17)21(23)26/h3-10H,11-14H2,1-2H3. The molecule has 0 aliphatic carbocycles. The maximum atomic E-state index is 12.4. The molecule has 0 saturated heterocycles. The van der Waals surface area contributed by atoms with Gasteiger partial charge in [0.05, 0.1) is 18.2 Å². The van der Waals surface area contributed by atoms with Crippen LogP contribution >= 0.6 is 0 Å². The zero-order valence-electron chi connectivity index (χ0n) is 15.5. The van der Waals surface area contributed by atoms with E-state index in [0.29, 0.717) is 17.7 Å². The summed E-state index contributed by atoms with van der Waals surface area (Å²) in [6.07, 6.45) is 0.837. The Balaban J connectivity index is 1.50. The molecule has 2 aromatic rings. The second-order valence-corrected chi connectivity index (χ2v) is 6.47. The van der Waals surface area contributed by atoms with Crippen LogP contribution < -0.4 is 4.74 Å². The van der Waals surface area contributed by atoms with Crippen LogP contribution in [0.5, 0.6) is 5.75 Å². The van der Waals surface area contributed by atoms with E-state index < -0.39 is 0 Å². The fraction of sp³-hybridized carbons (Fsp3) is 0.286. The van der Waals surface area contributed by atoms with Gasteiger partial charge in [0, 0.05) is 26.6 Å². The molecule has 1 heterocycles. The minimum absolute atomic E-state index is 0.0953. The maximum absolute atomic E-state index is 12.4. The van der Waals surface area contributed by atoms with Crippen molar-refractivity contribution in [2.75, 3.05) is 27.2 Å². The number of carbonyl (C=O) groups is 3. The van der Waals surface area contributed by atoms with Crippen molar-refractivity contribution >= 4 is 17.7 Å². The molecule has 1 aliphatic heterocycles. The summed E-state index contributed by atoms with van der Waals surface area (Å²) in [6.45, 7) is 0.658. The molecule has 0 saturated carbocycles. The van der Waals surface area contributed by atoms with Gasteiger partial charge < -0.3 is 9.64 Å². The Hall–Kier alpha value is -3.15. The summed E-state index contributed by atoms with van der Waals surface area (Å²) in [5.41, 5.74) is 1.92. The Bertz CT molecular complexity index is 826. The Kier molecular flexibility index (Phi) is 5.54. The third-order valence-corrected chi connectivity index (χ3v) is 4.75. The molecule has 0 bridgehead atoms. The molecule has 0 aromatic heterocycles. The van der Waals surface area contributed by atoms with Crippen molar-refractivity contribution in [2.45, 2.75) is 12.8 Å². The maximum Gasteiger partial charge on any atom is 0.261 e. The first kappa shape index (κ1) is 18.6. The molecule has 6 nitrogen and oxygen atoms in total. The second-order valence-electron chi connectivity index (χ2n) is 6.47. The van der Waals surface area contributed by atoms with Crippen LogP contribution in [0.4, 0.5) is 0 Å². The van der Waals surface area contributed by atoms with Crippen LogP contribution in [-0.4, -0.2) is 54.8 Å². The number of ether oxygens (including phenoxy) is 1. The van der Waals surface area contributed by atoms with Crippen LogP contribution in [0.2, 0.25) is 0 Å². The highest BCUT2D eigenvalue weighted by molar-refractivity contribution is 6.21. The quantitative estimate of drug-likeness (QED) is 0.706. The number of imide groups is 1. The molecule has 27 heavy (non-hydrogen) atoms. The third-order valence-electron chi connectivity index (χ3n) is 4.75. The fourth-order valence-electron chi connectivity index (χ4n) is 3.05. The molecule has 0 atom stereocenters. The summed E-state index contributed by atoms with van der Waals surface area (Å²) in [4.78, 5) is 39.8. The van der Waals surface area contributed by atoms with Crippen molar-refractivity contribution in [1.82, 2.24) is 9.80 Å². The zero-order valence-corrected chi connectivity index (χ0v) is 15.5. The number of hydrogen-bond donors (Lipinski definition) is 0. The van der Waals surface area contributed by atoms with Gasteiger partial charge in [-0.3, -0.25) is 19.3 Å². The molecule has 6 heteroatoms. The van der Waals surface area contributed by atoms with E-state index >= 15 is 0 Å². The van der Waals surface area contributed by atoms with Crippen LogP contribution in [0.15, 0.2) is 48.5 Å². The van der Waals surface area contributed by atoms with Crippen LogP contribution in [-0.2, 0) is 11.2 Å². The number of rotatable bonds is 7. The monoisotopic (exact) mass is 366 g/mol. The van der Waals surface area contributed by atoms with Gasteiger partial charge in [-0.15, -0.1) is 0 Å². The lowest BCUT2D eigenvalue weighted by Crippen LogP contribution is -2.36. The number of benzene rings is 2. The summed E-state index contributed by atoms with van der Waals surface area (Å²) in [6, 6.07) is 14.4. The van der Waals surface area contributed by atoms with Gasteiger partial charge in [0.1, 0.15) is 5.75 Å². The van der Waals surface area contributed by atoms with Crippen LogP contribution in [0.25, 0.3) is 0 Å². The van der Waals surface area contributed by atoms with Crippen LogP contribution in [0.1, 0.15) is 32.7 Å². The lowest BCUT2D eigenvalue weighted by Gasteiger charge is -2.19. The van der Waals surface area contributed by atoms with Crippen molar-refractivity contribution in [2.24, 2.45) is 0 Å². The molecule has 3 rings (SSSR count). The zero-order chi connectivity index (χ0) is 19.4. The van der Waals surface area contributed by atoms with Gasteiger partial charge >= 0.3 is 0 Å². The SMILES string of the molecule is COc1ccc(CCN(C)C(=O)CCN2C(=O)c3ccccc3C2=O)cc1. The lowest BCUT2D eigenvalue weighted by atomic mass is 10.1. The van der Waals surface area contributed by atoms with E-state index in [1.165, 1.54) is 0 Å². The molecular weight excluding hydrogens is 344 g/mol. The smallest absolute Gasteiger partial charge is 0.261 e. The Morgan fingerprint density at radius 2 is 1.59 bits per heavy atom. The highest BCUT2D eigenvalue weighted by Gasteiger charge is 2.35. The molecule has 0 N–H and O–H groups in total. The van der Waals surface area contributed by atoms with Crippen LogP contribution in [0, 0.1) is 0 Å². The summed E-state index contributed by atoms with van der Waals surface area (Å²) >= 11 is 0.